The van der Waals surface area contributed by atoms with Crippen LogP contribution in [0.2, 0.25) is 0 Å². The van der Waals surface area contributed by atoms with E-state index in [0.717, 1.165) is 16.8 Å². The zero-order valence-corrected chi connectivity index (χ0v) is 13.2. The Labute approximate surface area is 133 Å². The lowest BCUT2D eigenvalue weighted by Gasteiger charge is -2.11. The summed E-state index contributed by atoms with van der Waals surface area (Å²) in [6.07, 6.45) is 1.63. The van der Waals surface area contributed by atoms with Crippen molar-refractivity contribution in [2.24, 2.45) is 0 Å². The van der Waals surface area contributed by atoms with E-state index in [4.69, 9.17) is 4.52 Å². The molecule has 1 aromatic carbocycles. The monoisotopic (exact) mass is 311 g/mol. The van der Waals surface area contributed by atoms with Gasteiger partial charge in [0.05, 0.1) is 11.9 Å². The van der Waals surface area contributed by atoms with E-state index in [1.807, 2.05) is 50.2 Å². The lowest BCUT2D eigenvalue weighted by atomic mass is 10.1. The van der Waals surface area contributed by atoms with Crippen LogP contribution in [-0.4, -0.2) is 34.0 Å². The molecule has 0 radical (unpaired) electrons. The number of rotatable bonds is 4. The van der Waals surface area contributed by atoms with E-state index in [1.165, 1.54) is 10.7 Å². The molecule has 7 nitrogen and oxygen atoms in total. The Kier molecular flexibility index (Phi) is 3.92. The summed E-state index contributed by atoms with van der Waals surface area (Å²) in [5.74, 6) is 0.839. The van der Waals surface area contributed by atoms with Crippen LogP contribution in [0.4, 0.5) is 5.69 Å². The van der Waals surface area contributed by atoms with Crippen LogP contribution < -0.4 is 10.5 Å². The van der Waals surface area contributed by atoms with Gasteiger partial charge in [0.25, 0.3) is 11.4 Å². The van der Waals surface area contributed by atoms with Gasteiger partial charge >= 0.3 is 0 Å². The van der Waals surface area contributed by atoms with Crippen molar-refractivity contribution >= 4 is 5.69 Å². The first-order chi connectivity index (χ1) is 11.0. The summed E-state index contributed by atoms with van der Waals surface area (Å²) in [4.78, 5) is 18.2. The third-order valence-corrected chi connectivity index (χ3v) is 3.43. The number of nitrogens with zero attached hydrogens (tertiary/aromatic N) is 5. The molecule has 0 unspecified atom stereocenters. The Bertz CT molecular complexity index is 865. The minimum Gasteiger partial charge on any atom is -0.376 e. The fourth-order valence-electron chi connectivity index (χ4n) is 2.05. The normalized spacial score (nSPS) is 10.7. The fourth-order valence-corrected chi connectivity index (χ4v) is 2.05. The highest BCUT2D eigenvalue weighted by atomic mass is 16.5. The Morgan fingerprint density at radius 1 is 1.22 bits per heavy atom. The van der Waals surface area contributed by atoms with Gasteiger partial charge < -0.3 is 9.42 Å². The molecule has 2 aromatic heterocycles. The number of hydrogen-bond acceptors (Lipinski definition) is 6. The Balaban J connectivity index is 1.82. The average molecular weight is 311 g/mol. The number of aromatic nitrogens is 4. The van der Waals surface area contributed by atoms with Crippen molar-refractivity contribution < 1.29 is 4.52 Å². The van der Waals surface area contributed by atoms with E-state index >= 15 is 0 Å². The number of benzene rings is 1. The van der Waals surface area contributed by atoms with Crippen LogP contribution in [0.15, 0.2) is 45.8 Å². The summed E-state index contributed by atoms with van der Waals surface area (Å²) in [6, 6.07) is 9.32. The molecule has 3 rings (SSSR count). The predicted molar refractivity (Wildman–Crippen MR) is 86.4 cm³/mol. The number of anilines is 1. The number of hydrogen-bond donors (Lipinski definition) is 0. The van der Waals surface area contributed by atoms with Gasteiger partial charge in [-0.1, -0.05) is 22.9 Å². The summed E-state index contributed by atoms with van der Waals surface area (Å²) in [5, 5.41) is 8.04. The van der Waals surface area contributed by atoms with Crippen LogP contribution >= 0.6 is 0 Å². The second-order valence-corrected chi connectivity index (χ2v) is 5.49. The highest BCUT2D eigenvalue weighted by molar-refractivity contribution is 5.53. The molecule has 0 N–H and O–H groups in total. The van der Waals surface area contributed by atoms with Crippen molar-refractivity contribution in [3.05, 3.63) is 58.3 Å². The van der Waals surface area contributed by atoms with Crippen molar-refractivity contribution in [1.82, 2.24) is 19.9 Å². The maximum atomic E-state index is 12.1. The molecule has 0 fully saturated rings. The molecule has 7 heteroatoms. The molecule has 0 amide bonds. The lowest BCUT2D eigenvalue weighted by molar-refractivity contribution is 0.417. The average Bonchev–Trinajstić information content (AvgIpc) is 2.98. The smallest absolute Gasteiger partial charge is 0.269 e. The standard InChI is InChI=1S/C16H17N5O2/c1-11-4-6-12(7-5-11)16-18-14(19-23-16)10-21-15(22)8-13(9-17-21)20(2)3/h4-9H,10H2,1-3H3. The largest absolute Gasteiger partial charge is 0.376 e. The maximum absolute atomic E-state index is 12.1. The van der Waals surface area contributed by atoms with Gasteiger partial charge in [-0.05, 0) is 19.1 Å². The second kappa shape index (κ2) is 6.04. The van der Waals surface area contributed by atoms with Gasteiger partial charge in [-0.25, -0.2) is 4.68 Å². The molecule has 0 aliphatic heterocycles. The SMILES string of the molecule is Cc1ccc(-c2nc(Cn3ncc(N(C)C)cc3=O)no2)cc1. The van der Waals surface area contributed by atoms with E-state index in [-0.39, 0.29) is 12.1 Å². The molecule has 118 valence electrons. The van der Waals surface area contributed by atoms with Crippen LogP contribution in [0.1, 0.15) is 11.4 Å². The molecule has 23 heavy (non-hydrogen) atoms. The van der Waals surface area contributed by atoms with Gasteiger partial charge in [0.15, 0.2) is 5.82 Å². The van der Waals surface area contributed by atoms with E-state index in [9.17, 15) is 4.79 Å². The summed E-state index contributed by atoms with van der Waals surface area (Å²) in [5.41, 5.74) is 2.54. The first-order valence-electron chi connectivity index (χ1n) is 7.17. The van der Waals surface area contributed by atoms with Crippen LogP contribution in [-0.2, 0) is 6.54 Å². The zero-order valence-electron chi connectivity index (χ0n) is 13.2. The lowest BCUT2D eigenvalue weighted by Crippen LogP contribution is -2.25. The second-order valence-electron chi connectivity index (χ2n) is 5.49. The molecule has 0 atom stereocenters. The zero-order chi connectivity index (χ0) is 16.4. The minimum absolute atomic E-state index is 0.169. The molecule has 0 aliphatic carbocycles. The van der Waals surface area contributed by atoms with Gasteiger partial charge in [-0.3, -0.25) is 4.79 Å². The molecule has 0 spiro atoms. The van der Waals surface area contributed by atoms with Gasteiger partial charge in [0, 0.05) is 25.7 Å². The van der Waals surface area contributed by atoms with Gasteiger partial charge in [0.2, 0.25) is 0 Å². The van der Waals surface area contributed by atoms with E-state index in [1.54, 1.807) is 6.20 Å². The van der Waals surface area contributed by atoms with Crippen molar-refractivity contribution in [1.29, 1.82) is 0 Å². The van der Waals surface area contributed by atoms with Crippen LogP contribution in [0, 0.1) is 6.92 Å². The Morgan fingerprint density at radius 3 is 2.61 bits per heavy atom. The topological polar surface area (TPSA) is 77.1 Å². The molecule has 0 aliphatic rings. The maximum Gasteiger partial charge on any atom is 0.269 e. The van der Waals surface area contributed by atoms with Crippen LogP contribution in [0.25, 0.3) is 11.5 Å². The summed E-state index contributed by atoms with van der Waals surface area (Å²) in [6.45, 7) is 2.18. The minimum atomic E-state index is -0.210. The van der Waals surface area contributed by atoms with E-state index < -0.39 is 0 Å². The quantitative estimate of drug-likeness (QED) is 0.730. The first kappa shape index (κ1) is 15.0. The van der Waals surface area contributed by atoms with E-state index in [0.29, 0.717) is 11.7 Å². The molecule has 0 saturated heterocycles. The predicted octanol–water partition coefficient (Wildman–Crippen LogP) is 1.72. The highest BCUT2D eigenvalue weighted by Gasteiger charge is 2.11. The van der Waals surface area contributed by atoms with Crippen LogP contribution in [0.5, 0.6) is 0 Å². The molecular formula is C16H17N5O2. The van der Waals surface area contributed by atoms with Gasteiger partial charge in [-0.15, -0.1) is 0 Å². The third kappa shape index (κ3) is 3.28. The Morgan fingerprint density at radius 2 is 1.96 bits per heavy atom. The number of aryl methyl sites for hydroxylation is 1. The van der Waals surface area contributed by atoms with Crippen molar-refractivity contribution in [3.8, 4) is 11.5 Å². The third-order valence-electron chi connectivity index (χ3n) is 3.43. The van der Waals surface area contributed by atoms with Crippen LogP contribution in [0.3, 0.4) is 0 Å². The van der Waals surface area contributed by atoms with Gasteiger partial charge in [0.1, 0.15) is 6.54 Å². The summed E-state index contributed by atoms with van der Waals surface area (Å²) >= 11 is 0. The Hall–Kier alpha value is -2.96. The van der Waals surface area contributed by atoms with Gasteiger partial charge in [-0.2, -0.15) is 10.1 Å². The molecular weight excluding hydrogens is 294 g/mol. The summed E-state index contributed by atoms with van der Waals surface area (Å²) < 4.78 is 6.55. The van der Waals surface area contributed by atoms with Crippen molar-refractivity contribution in [2.45, 2.75) is 13.5 Å². The molecule has 0 saturated carbocycles. The molecule has 3 aromatic rings. The van der Waals surface area contributed by atoms with E-state index in [2.05, 4.69) is 15.2 Å². The fraction of sp³-hybridized carbons (Fsp3) is 0.250. The molecule has 2 heterocycles. The molecule has 0 bridgehead atoms. The summed E-state index contributed by atoms with van der Waals surface area (Å²) in [7, 11) is 3.71. The van der Waals surface area contributed by atoms with Crippen molar-refractivity contribution in [2.75, 3.05) is 19.0 Å². The highest BCUT2D eigenvalue weighted by Crippen LogP contribution is 2.17. The first-order valence-corrected chi connectivity index (χ1v) is 7.17. The van der Waals surface area contributed by atoms with Crippen molar-refractivity contribution in [3.63, 3.8) is 0 Å².